The summed E-state index contributed by atoms with van der Waals surface area (Å²) >= 11 is 0. The predicted molar refractivity (Wildman–Crippen MR) is 130 cm³/mol. The number of carbonyl (C=O) groups excluding carboxylic acids is 1. The van der Waals surface area contributed by atoms with Crippen molar-refractivity contribution in [1.82, 2.24) is 0 Å². The molecule has 174 valence electrons. The molecule has 4 nitrogen and oxygen atoms in total. The highest BCUT2D eigenvalue weighted by Gasteiger charge is 2.21. The summed E-state index contributed by atoms with van der Waals surface area (Å²) < 4.78 is 10.9. The maximum Gasteiger partial charge on any atom is 0.163 e. The number of rotatable bonds is 14. The van der Waals surface area contributed by atoms with Gasteiger partial charge in [-0.15, -0.1) is 0 Å². The third kappa shape index (κ3) is 9.37. The molecule has 0 spiro atoms. The lowest BCUT2D eigenvalue weighted by molar-refractivity contribution is -0.109. The van der Waals surface area contributed by atoms with Gasteiger partial charge in [-0.25, -0.2) is 0 Å². The van der Waals surface area contributed by atoms with Crippen molar-refractivity contribution in [2.24, 2.45) is 5.92 Å². The van der Waals surface area contributed by atoms with E-state index in [0.717, 1.165) is 30.6 Å². The van der Waals surface area contributed by atoms with Crippen LogP contribution in [0.2, 0.25) is 0 Å². The first kappa shape index (κ1) is 25.8. The third-order valence-electron chi connectivity index (χ3n) is 5.73. The Labute approximate surface area is 193 Å². The van der Waals surface area contributed by atoms with Gasteiger partial charge in [-0.3, -0.25) is 4.79 Å². The summed E-state index contributed by atoms with van der Waals surface area (Å²) in [5.41, 5.74) is 3.03. The molecule has 3 atom stereocenters. The average Bonchev–Trinajstić information content (AvgIpc) is 2.79. The van der Waals surface area contributed by atoms with Gasteiger partial charge in [0.25, 0.3) is 0 Å². The largest absolute Gasteiger partial charge is 0.497 e. The van der Waals surface area contributed by atoms with E-state index in [-0.39, 0.29) is 11.7 Å². The summed E-state index contributed by atoms with van der Waals surface area (Å²) in [5, 5.41) is 10.5. The van der Waals surface area contributed by atoms with Gasteiger partial charge in [-0.2, -0.15) is 0 Å². The molecule has 0 aliphatic rings. The molecule has 2 rings (SSSR count). The Hall–Kier alpha value is -2.43. The molecule has 0 saturated heterocycles. The second-order valence-electron chi connectivity index (χ2n) is 8.78. The summed E-state index contributed by atoms with van der Waals surface area (Å²) in [6, 6.07) is 17.0. The molecular formula is C28H38O4. The SMILES string of the molecule is COc1ccc(C(=O)CC(CC(O)OCCC(C)CCC=C(C)C)c2ccccc2)cc1. The Kier molecular flexibility index (Phi) is 11.2. The molecule has 0 aliphatic heterocycles. The Balaban J connectivity index is 1.91. The molecule has 2 aromatic rings. The second kappa shape index (κ2) is 13.9. The van der Waals surface area contributed by atoms with Crippen molar-refractivity contribution in [3.63, 3.8) is 0 Å². The molecule has 32 heavy (non-hydrogen) atoms. The van der Waals surface area contributed by atoms with Crippen LogP contribution >= 0.6 is 0 Å². The van der Waals surface area contributed by atoms with Crippen LogP contribution in [0, 0.1) is 5.92 Å². The quantitative estimate of drug-likeness (QED) is 0.206. The maximum absolute atomic E-state index is 12.9. The first-order valence-electron chi connectivity index (χ1n) is 11.5. The van der Waals surface area contributed by atoms with Crippen LogP contribution in [-0.4, -0.2) is 30.9 Å². The number of aliphatic hydroxyl groups excluding tert-OH is 1. The van der Waals surface area contributed by atoms with Gasteiger partial charge in [0.05, 0.1) is 7.11 Å². The monoisotopic (exact) mass is 438 g/mol. The molecule has 0 radical (unpaired) electrons. The minimum atomic E-state index is -0.895. The molecular weight excluding hydrogens is 400 g/mol. The first-order valence-corrected chi connectivity index (χ1v) is 11.5. The van der Waals surface area contributed by atoms with Crippen LogP contribution in [0.1, 0.15) is 74.7 Å². The zero-order chi connectivity index (χ0) is 23.3. The standard InChI is InChI=1S/C28H38O4/c1-21(2)9-8-10-22(3)17-18-32-28(30)20-25(23-11-6-5-7-12-23)19-27(29)24-13-15-26(31-4)16-14-24/h5-7,9,11-16,22,25,28,30H,8,10,17-20H2,1-4H3. The second-order valence-corrected chi connectivity index (χ2v) is 8.78. The third-order valence-corrected chi connectivity index (χ3v) is 5.73. The number of hydrogen-bond acceptors (Lipinski definition) is 4. The molecule has 2 aromatic carbocycles. The fraction of sp³-hybridized carbons (Fsp3) is 0.464. The normalized spacial score (nSPS) is 13.8. The minimum absolute atomic E-state index is 0.0431. The highest BCUT2D eigenvalue weighted by molar-refractivity contribution is 5.96. The smallest absolute Gasteiger partial charge is 0.163 e. The van der Waals surface area contributed by atoms with Gasteiger partial charge in [0.1, 0.15) is 5.75 Å². The highest BCUT2D eigenvalue weighted by atomic mass is 16.6. The molecule has 0 heterocycles. The van der Waals surface area contributed by atoms with Gasteiger partial charge in [0.2, 0.25) is 0 Å². The Morgan fingerprint density at radius 3 is 2.34 bits per heavy atom. The lowest BCUT2D eigenvalue weighted by Crippen LogP contribution is -2.19. The van der Waals surface area contributed by atoms with Crippen LogP contribution in [0.15, 0.2) is 66.2 Å². The predicted octanol–water partition coefficient (Wildman–Crippen LogP) is 6.55. The van der Waals surface area contributed by atoms with Crippen LogP contribution in [0.25, 0.3) is 0 Å². The van der Waals surface area contributed by atoms with E-state index in [4.69, 9.17) is 9.47 Å². The molecule has 0 aromatic heterocycles. The van der Waals surface area contributed by atoms with Gasteiger partial charge >= 0.3 is 0 Å². The van der Waals surface area contributed by atoms with E-state index in [0.29, 0.717) is 30.9 Å². The Bertz CT molecular complexity index is 822. The number of Topliss-reactive ketones (excluding diaryl/α,β-unsaturated/α-hetero) is 1. The summed E-state index contributed by atoms with van der Waals surface area (Å²) in [6.45, 7) is 6.97. The molecule has 1 N–H and O–H groups in total. The average molecular weight is 439 g/mol. The molecule has 0 saturated carbocycles. The number of carbonyl (C=O) groups is 1. The van der Waals surface area contributed by atoms with Crippen molar-refractivity contribution in [2.45, 2.75) is 65.1 Å². The van der Waals surface area contributed by atoms with E-state index in [1.165, 1.54) is 5.57 Å². The minimum Gasteiger partial charge on any atom is -0.497 e. The number of ketones is 1. The highest BCUT2D eigenvalue weighted by Crippen LogP contribution is 2.28. The van der Waals surface area contributed by atoms with Gasteiger partial charge in [0.15, 0.2) is 12.1 Å². The number of ether oxygens (including phenoxy) is 2. The maximum atomic E-state index is 12.9. The van der Waals surface area contributed by atoms with Crippen molar-refractivity contribution in [2.75, 3.05) is 13.7 Å². The summed E-state index contributed by atoms with van der Waals surface area (Å²) in [4.78, 5) is 12.9. The van der Waals surface area contributed by atoms with E-state index < -0.39 is 6.29 Å². The fourth-order valence-corrected chi connectivity index (χ4v) is 3.70. The summed E-state index contributed by atoms with van der Waals surface area (Å²) in [5.74, 6) is 1.19. The topological polar surface area (TPSA) is 55.8 Å². The Morgan fingerprint density at radius 2 is 1.72 bits per heavy atom. The number of aliphatic hydroxyl groups is 1. The van der Waals surface area contributed by atoms with E-state index in [1.54, 1.807) is 31.4 Å². The van der Waals surface area contributed by atoms with Gasteiger partial charge in [0, 0.05) is 25.0 Å². The van der Waals surface area contributed by atoms with Crippen molar-refractivity contribution >= 4 is 5.78 Å². The lowest BCUT2D eigenvalue weighted by Gasteiger charge is -2.21. The van der Waals surface area contributed by atoms with E-state index in [2.05, 4.69) is 26.8 Å². The molecule has 0 amide bonds. The van der Waals surface area contributed by atoms with Crippen molar-refractivity contribution in [1.29, 1.82) is 0 Å². The van der Waals surface area contributed by atoms with Crippen molar-refractivity contribution in [3.05, 3.63) is 77.4 Å². The van der Waals surface area contributed by atoms with Crippen molar-refractivity contribution < 1.29 is 19.4 Å². The molecule has 3 unspecified atom stereocenters. The molecule has 0 fully saturated rings. The number of benzene rings is 2. The van der Waals surface area contributed by atoms with Crippen LogP contribution in [-0.2, 0) is 4.74 Å². The van der Waals surface area contributed by atoms with Crippen molar-refractivity contribution in [3.8, 4) is 5.75 Å². The van der Waals surface area contributed by atoms with Crippen LogP contribution in [0.3, 0.4) is 0 Å². The van der Waals surface area contributed by atoms with Crippen LogP contribution in [0.5, 0.6) is 5.75 Å². The molecule has 0 bridgehead atoms. The van der Waals surface area contributed by atoms with Crippen LogP contribution in [0.4, 0.5) is 0 Å². The number of methoxy groups -OCH3 is 1. The van der Waals surface area contributed by atoms with E-state index >= 15 is 0 Å². The Morgan fingerprint density at radius 1 is 1.03 bits per heavy atom. The summed E-state index contributed by atoms with van der Waals surface area (Å²) in [7, 11) is 1.60. The van der Waals surface area contributed by atoms with Gasteiger partial charge in [-0.05, 0) is 74.8 Å². The molecule has 4 heteroatoms. The lowest BCUT2D eigenvalue weighted by atomic mass is 9.88. The van der Waals surface area contributed by atoms with Crippen LogP contribution < -0.4 is 4.74 Å². The zero-order valence-electron chi connectivity index (χ0n) is 19.9. The first-order chi connectivity index (χ1) is 15.4. The van der Waals surface area contributed by atoms with Gasteiger partial charge < -0.3 is 14.6 Å². The van der Waals surface area contributed by atoms with Gasteiger partial charge in [-0.1, -0.05) is 48.9 Å². The molecule has 0 aliphatic carbocycles. The number of hydrogen-bond donors (Lipinski definition) is 1. The zero-order valence-corrected chi connectivity index (χ0v) is 19.9. The summed E-state index contributed by atoms with van der Waals surface area (Å²) in [6.07, 6.45) is 5.18. The van der Waals surface area contributed by atoms with E-state index in [1.807, 2.05) is 30.3 Å². The van der Waals surface area contributed by atoms with E-state index in [9.17, 15) is 9.90 Å². The number of allylic oxidation sites excluding steroid dienone is 2. The fourth-order valence-electron chi connectivity index (χ4n) is 3.70.